The molecule has 4 rings (SSSR count). The second kappa shape index (κ2) is 7.72. The fourth-order valence-corrected chi connectivity index (χ4v) is 3.52. The minimum atomic E-state index is -0.0669. The van der Waals surface area contributed by atoms with Crippen molar-refractivity contribution < 1.29 is 14.4 Å². The normalized spacial score (nSPS) is 16.5. The summed E-state index contributed by atoms with van der Waals surface area (Å²) in [4.78, 5) is 17.5. The predicted molar refractivity (Wildman–Crippen MR) is 101 cm³/mol. The molecule has 3 aromatic rings. The van der Waals surface area contributed by atoms with Gasteiger partial charge < -0.3 is 19.9 Å². The zero-order valence-corrected chi connectivity index (χ0v) is 14.7. The van der Waals surface area contributed by atoms with Crippen LogP contribution in [0, 0.1) is 0 Å². The molecule has 1 amide bonds. The molecule has 1 aliphatic heterocycles. The highest BCUT2D eigenvalue weighted by atomic mass is 16.5. The first-order valence-corrected chi connectivity index (χ1v) is 9.14. The van der Waals surface area contributed by atoms with E-state index in [0.717, 1.165) is 49.3 Å². The maximum Gasteiger partial charge on any atom is 0.268 e. The van der Waals surface area contributed by atoms with Crippen LogP contribution in [0.15, 0.2) is 60.7 Å². The molecule has 1 saturated heterocycles. The highest BCUT2D eigenvalue weighted by Gasteiger charge is 2.23. The number of aromatic nitrogens is 1. The second-order valence-corrected chi connectivity index (χ2v) is 6.77. The molecule has 26 heavy (non-hydrogen) atoms. The molecular weight excluding hydrogens is 326 g/mol. The topological polar surface area (TPSA) is 58.6 Å². The highest BCUT2D eigenvalue weighted by molar-refractivity contribution is 5.98. The summed E-state index contributed by atoms with van der Waals surface area (Å²) >= 11 is 0. The van der Waals surface area contributed by atoms with Gasteiger partial charge in [-0.1, -0.05) is 48.5 Å². The van der Waals surface area contributed by atoms with E-state index in [9.17, 15) is 4.79 Å². The summed E-state index contributed by atoms with van der Waals surface area (Å²) < 4.78 is 5.46. The van der Waals surface area contributed by atoms with Crippen molar-refractivity contribution in [2.75, 3.05) is 32.8 Å². The van der Waals surface area contributed by atoms with Crippen molar-refractivity contribution in [1.82, 2.24) is 10.3 Å². The molecule has 134 valence electrons. The molecule has 0 bridgehead atoms. The Bertz CT molecular complexity index is 836. The largest absolute Gasteiger partial charge is 0.370 e. The Hall–Kier alpha value is -2.63. The summed E-state index contributed by atoms with van der Waals surface area (Å²) in [5.74, 6) is -0.0669. The number of aromatic amines is 1. The summed E-state index contributed by atoms with van der Waals surface area (Å²) in [5.41, 5.74) is 2.72. The first kappa shape index (κ1) is 16.8. The lowest BCUT2D eigenvalue weighted by molar-refractivity contribution is -0.909. The van der Waals surface area contributed by atoms with Crippen molar-refractivity contribution in [1.29, 1.82) is 0 Å². The molecule has 0 unspecified atom stereocenters. The van der Waals surface area contributed by atoms with Crippen LogP contribution in [0.4, 0.5) is 0 Å². The molecule has 1 aromatic heterocycles. The number of nitrogens with one attached hydrogen (secondary N) is 3. The predicted octanol–water partition coefficient (Wildman–Crippen LogP) is 1.55. The van der Waals surface area contributed by atoms with E-state index in [4.69, 9.17) is 4.74 Å². The molecule has 0 aliphatic carbocycles. The second-order valence-electron chi connectivity index (χ2n) is 6.77. The maximum atomic E-state index is 12.9. The van der Waals surface area contributed by atoms with Gasteiger partial charge in [-0.05, 0) is 17.7 Å². The van der Waals surface area contributed by atoms with Crippen molar-refractivity contribution >= 4 is 16.8 Å². The average molecular weight is 350 g/mol. The van der Waals surface area contributed by atoms with Gasteiger partial charge in [-0.3, -0.25) is 4.79 Å². The molecule has 1 aliphatic rings. The van der Waals surface area contributed by atoms with E-state index >= 15 is 0 Å². The SMILES string of the molecule is O=C(N[C@@H](C[NH+]1CCOCC1)c1ccccc1)c1cc2ccccc2[nH]1. The van der Waals surface area contributed by atoms with Crippen molar-refractivity contribution in [2.24, 2.45) is 0 Å². The maximum absolute atomic E-state index is 12.9. The molecule has 0 radical (unpaired) electrons. The highest BCUT2D eigenvalue weighted by Crippen LogP contribution is 2.16. The number of amides is 1. The monoisotopic (exact) mass is 350 g/mol. The Kier molecular flexibility index (Phi) is 5.00. The third-order valence-electron chi connectivity index (χ3n) is 4.97. The summed E-state index contributed by atoms with van der Waals surface area (Å²) in [5, 5.41) is 4.27. The molecule has 0 saturated carbocycles. The summed E-state index contributed by atoms with van der Waals surface area (Å²) in [6.07, 6.45) is 0. The van der Waals surface area contributed by atoms with Gasteiger partial charge in [0.15, 0.2) is 0 Å². The van der Waals surface area contributed by atoms with Crippen LogP contribution in [0.25, 0.3) is 10.9 Å². The van der Waals surface area contributed by atoms with Crippen LogP contribution < -0.4 is 10.2 Å². The molecule has 0 spiro atoms. The van der Waals surface area contributed by atoms with Gasteiger partial charge in [0.2, 0.25) is 0 Å². The Labute approximate surface area is 153 Å². The quantitative estimate of drug-likeness (QED) is 0.654. The molecule has 2 aromatic carbocycles. The van der Waals surface area contributed by atoms with Crippen LogP contribution in [0.5, 0.6) is 0 Å². The van der Waals surface area contributed by atoms with Crippen LogP contribution >= 0.6 is 0 Å². The number of benzene rings is 2. The van der Waals surface area contributed by atoms with Gasteiger partial charge >= 0.3 is 0 Å². The van der Waals surface area contributed by atoms with Crippen LogP contribution in [-0.2, 0) is 4.74 Å². The molecule has 5 heteroatoms. The first-order valence-electron chi connectivity index (χ1n) is 9.14. The van der Waals surface area contributed by atoms with Gasteiger partial charge in [0.05, 0.1) is 13.2 Å². The van der Waals surface area contributed by atoms with Crippen LogP contribution in [0.1, 0.15) is 22.1 Å². The lowest BCUT2D eigenvalue weighted by Crippen LogP contribution is -3.14. The van der Waals surface area contributed by atoms with Crippen molar-refractivity contribution in [3.63, 3.8) is 0 Å². The number of morpholine rings is 1. The number of ether oxygens (including phenoxy) is 1. The number of para-hydroxylation sites is 1. The lowest BCUT2D eigenvalue weighted by Gasteiger charge is -2.28. The van der Waals surface area contributed by atoms with E-state index in [1.165, 1.54) is 4.90 Å². The minimum Gasteiger partial charge on any atom is -0.370 e. The van der Waals surface area contributed by atoms with Gasteiger partial charge in [0, 0.05) is 10.9 Å². The minimum absolute atomic E-state index is 0.0248. The van der Waals surface area contributed by atoms with Gasteiger partial charge in [-0.15, -0.1) is 0 Å². The Morgan fingerprint density at radius 3 is 2.58 bits per heavy atom. The molecular formula is C21H24N3O2+. The van der Waals surface area contributed by atoms with Crippen LogP contribution in [0.3, 0.4) is 0 Å². The standard InChI is InChI=1S/C21H23N3O2/c25-21(19-14-17-8-4-5-9-18(17)22-19)23-20(16-6-2-1-3-7-16)15-24-10-12-26-13-11-24/h1-9,14,20,22H,10-13,15H2,(H,23,25)/p+1/t20-/m0/s1. The molecule has 5 nitrogen and oxygen atoms in total. The average Bonchev–Trinajstić information content (AvgIpc) is 3.13. The van der Waals surface area contributed by atoms with Gasteiger partial charge in [-0.2, -0.15) is 0 Å². The van der Waals surface area contributed by atoms with E-state index < -0.39 is 0 Å². The third kappa shape index (κ3) is 3.79. The van der Waals surface area contributed by atoms with Crippen LogP contribution in [0.2, 0.25) is 0 Å². The van der Waals surface area contributed by atoms with Crippen molar-refractivity contribution in [3.8, 4) is 0 Å². The van der Waals surface area contributed by atoms with Gasteiger partial charge in [0.25, 0.3) is 5.91 Å². The Morgan fingerprint density at radius 2 is 1.81 bits per heavy atom. The number of quaternary nitrogens is 1. The number of hydrogen-bond donors (Lipinski definition) is 3. The smallest absolute Gasteiger partial charge is 0.268 e. The Morgan fingerprint density at radius 1 is 1.08 bits per heavy atom. The van der Waals surface area contributed by atoms with Gasteiger partial charge in [-0.25, -0.2) is 0 Å². The summed E-state index contributed by atoms with van der Waals surface area (Å²) in [7, 11) is 0. The lowest BCUT2D eigenvalue weighted by atomic mass is 10.1. The van der Waals surface area contributed by atoms with Gasteiger partial charge in [0.1, 0.15) is 31.4 Å². The summed E-state index contributed by atoms with van der Waals surface area (Å²) in [6.45, 7) is 4.39. The van der Waals surface area contributed by atoms with Crippen molar-refractivity contribution in [3.05, 3.63) is 71.9 Å². The third-order valence-corrected chi connectivity index (χ3v) is 4.97. The first-order chi connectivity index (χ1) is 12.8. The fourth-order valence-electron chi connectivity index (χ4n) is 3.52. The molecule has 3 N–H and O–H groups in total. The number of fused-ring (bicyclic) bond motifs is 1. The number of hydrogen-bond acceptors (Lipinski definition) is 2. The van der Waals surface area contributed by atoms with E-state index in [2.05, 4.69) is 22.4 Å². The van der Waals surface area contributed by atoms with E-state index in [1.54, 1.807) is 0 Å². The molecule has 1 atom stereocenters. The molecule has 2 heterocycles. The Balaban J connectivity index is 1.54. The summed E-state index contributed by atoms with van der Waals surface area (Å²) in [6, 6.07) is 20.0. The number of rotatable bonds is 5. The number of H-pyrrole nitrogens is 1. The number of carbonyl (C=O) groups is 1. The van der Waals surface area contributed by atoms with E-state index in [1.807, 2.05) is 48.5 Å². The van der Waals surface area contributed by atoms with E-state index in [-0.39, 0.29) is 11.9 Å². The molecule has 1 fully saturated rings. The zero-order chi connectivity index (χ0) is 17.8. The van der Waals surface area contributed by atoms with E-state index in [0.29, 0.717) is 5.69 Å². The van der Waals surface area contributed by atoms with Crippen molar-refractivity contribution in [2.45, 2.75) is 6.04 Å². The van der Waals surface area contributed by atoms with Crippen LogP contribution in [-0.4, -0.2) is 43.7 Å². The number of carbonyl (C=O) groups excluding carboxylic acids is 1. The fraction of sp³-hybridized carbons (Fsp3) is 0.286. The zero-order valence-electron chi connectivity index (χ0n) is 14.7.